The Morgan fingerprint density at radius 3 is 2.92 bits per heavy atom. The first-order valence-corrected chi connectivity index (χ1v) is 3.54. The number of hydrogen-bond acceptors (Lipinski definition) is 0. The smallest absolute Gasteiger partial charge is 0.278 e. The summed E-state index contributed by atoms with van der Waals surface area (Å²) in [5.74, 6) is 0. The molecule has 0 saturated heterocycles. The number of H-pyrrole nitrogens is 1. The van der Waals surface area contributed by atoms with Gasteiger partial charge in [-0.2, -0.15) is 0 Å². The van der Waals surface area contributed by atoms with Crippen LogP contribution in [0.2, 0.25) is 0 Å². The molecule has 0 aliphatic heterocycles. The van der Waals surface area contributed by atoms with Gasteiger partial charge in [-0.1, -0.05) is 12.1 Å². The summed E-state index contributed by atoms with van der Waals surface area (Å²) in [4.78, 5) is 2.61. The Kier molecular flexibility index (Phi) is 1.57. The molecule has 0 saturated carbocycles. The molecule has 3 heteroatoms. The van der Waals surface area contributed by atoms with Gasteiger partial charge in [-0.3, -0.25) is 0 Å². The molecule has 2 rings (SSSR count). The average Bonchev–Trinajstić information content (AvgIpc) is 2.46. The number of halogens is 2. The molecule has 1 aromatic heterocycles. The quantitative estimate of drug-likeness (QED) is 0.670. The Hall–Kier alpha value is -1.38. The Bertz CT molecular complexity index is 359. The second-order valence-electron chi connectivity index (χ2n) is 2.54. The van der Waals surface area contributed by atoms with Gasteiger partial charge in [0, 0.05) is 5.52 Å². The van der Waals surface area contributed by atoms with E-state index in [1.165, 1.54) is 6.07 Å². The molecule has 61 valence electrons. The van der Waals surface area contributed by atoms with E-state index in [0.717, 1.165) is 5.39 Å². The van der Waals surface area contributed by atoms with E-state index >= 15 is 0 Å². The van der Waals surface area contributed by atoms with E-state index in [1.54, 1.807) is 18.2 Å². The van der Waals surface area contributed by atoms with Gasteiger partial charge < -0.3 is 4.98 Å². The molecule has 0 aliphatic carbocycles. The molecule has 1 nitrogen and oxygen atoms in total. The zero-order valence-corrected chi connectivity index (χ0v) is 6.14. The summed E-state index contributed by atoms with van der Waals surface area (Å²) in [7, 11) is 0. The summed E-state index contributed by atoms with van der Waals surface area (Å²) in [6, 6.07) is 9.37. The highest BCUT2D eigenvalue weighted by atomic mass is 19.3. The normalized spacial score (nSPS) is 11.2. The second-order valence-corrected chi connectivity index (χ2v) is 2.54. The zero-order chi connectivity index (χ0) is 8.55. The predicted molar refractivity (Wildman–Crippen MR) is 42.1 cm³/mol. The topological polar surface area (TPSA) is 15.8 Å². The van der Waals surface area contributed by atoms with Crippen molar-refractivity contribution in [1.29, 1.82) is 0 Å². The Labute approximate surface area is 68.0 Å². The largest absolute Gasteiger partial charge is 0.354 e. The maximum absolute atomic E-state index is 12.2. The lowest BCUT2D eigenvalue weighted by atomic mass is 10.2. The number of nitrogens with one attached hydrogen (secondary N) is 1. The third kappa shape index (κ3) is 1.07. The van der Waals surface area contributed by atoms with E-state index in [0.29, 0.717) is 5.52 Å². The standard InChI is InChI=1S/C9H6F2N/c10-9(11)8-5-6-3-1-2-4-7(6)12-8/h1,3-5,9,12H. The van der Waals surface area contributed by atoms with Crippen molar-refractivity contribution >= 4 is 10.9 Å². The third-order valence-corrected chi connectivity index (χ3v) is 1.72. The van der Waals surface area contributed by atoms with Crippen molar-refractivity contribution in [2.45, 2.75) is 6.43 Å². The molecule has 1 N–H and O–H groups in total. The molecule has 0 unspecified atom stereocenters. The van der Waals surface area contributed by atoms with E-state index in [2.05, 4.69) is 11.1 Å². The van der Waals surface area contributed by atoms with Crippen molar-refractivity contribution in [3.05, 3.63) is 36.0 Å². The van der Waals surface area contributed by atoms with Crippen LogP contribution in [-0.2, 0) is 0 Å². The van der Waals surface area contributed by atoms with Crippen LogP contribution in [-0.4, -0.2) is 4.98 Å². The van der Waals surface area contributed by atoms with Crippen LogP contribution < -0.4 is 0 Å². The first kappa shape index (κ1) is 7.28. The van der Waals surface area contributed by atoms with E-state index < -0.39 is 6.43 Å². The molecule has 0 fully saturated rings. The lowest BCUT2D eigenvalue weighted by Crippen LogP contribution is -1.80. The molecule has 2 aromatic rings. The molecule has 0 bridgehead atoms. The van der Waals surface area contributed by atoms with Crippen molar-refractivity contribution in [2.75, 3.05) is 0 Å². The molecule has 0 spiro atoms. The van der Waals surface area contributed by atoms with Crippen LogP contribution in [0.5, 0.6) is 0 Å². The minimum atomic E-state index is -2.43. The van der Waals surface area contributed by atoms with E-state index in [9.17, 15) is 8.78 Å². The van der Waals surface area contributed by atoms with Gasteiger partial charge in [-0.05, 0) is 23.6 Å². The number of aromatic nitrogens is 1. The fourth-order valence-electron chi connectivity index (χ4n) is 1.15. The van der Waals surface area contributed by atoms with Crippen LogP contribution in [0.25, 0.3) is 10.9 Å². The number of hydrogen-bond donors (Lipinski definition) is 1. The van der Waals surface area contributed by atoms with Crippen LogP contribution in [0.4, 0.5) is 8.78 Å². The molecular formula is C9H6F2N. The van der Waals surface area contributed by atoms with E-state index in [1.807, 2.05) is 0 Å². The van der Waals surface area contributed by atoms with Gasteiger partial charge in [0.15, 0.2) is 0 Å². The van der Waals surface area contributed by atoms with Gasteiger partial charge in [0.2, 0.25) is 0 Å². The lowest BCUT2D eigenvalue weighted by molar-refractivity contribution is 0.147. The van der Waals surface area contributed by atoms with Gasteiger partial charge in [-0.15, -0.1) is 0 Å². The van der Waals surface area contributed by atoms with Gasteiger partial charge in [0.05, 0.1) is 5.69 Å². The van der Waals surface area contributed by atoms with Crippen LogP contribution in [0, 0.1) is 6.07 Å². The number of rotatable bonds is 1. The zero-order valence-electron chi connectivity index (χ0n) is 6.14. The van der Waals surface area contributed by atoms with Gasteiger partial charge >= 0.3 is 0 Å². The van der Waals surface area contributed by atoms with Gasteiger partial charge in [-0.25, -0.2) is 8.78 Å². The molecular weight excluding hydrogens is 160 g/mol. The molecule has 1 heterocycles. The van der Waals surface area contributed by atoms with Crippen molar-refractivity contribution < 1.29 is 8.78 Å². The lowest BCUT2D eigenvalue weighted by Gasteiger charge is -1.89. The summed E-state index contributed by atoms with van der Waals surface area (Å²) < 4.78 is 24.3. The first-order chi connectivity index (χ1) is 5.77. The van der Waals surface area contributed by atoms with Crippen molar-refractivity contribution in [1.82, 2.24) is 4.98 Å². The number of fused-ring (bicyclic) bond motifs is 1. The second kappa shape index (κ2) is 2.59. The Balaban J connectivity index is 2.62. The van der Waals surface area contributed by atoms with Crippen molar-refractivity contribution in [3.63, 3.8) is 0 Å². The van der Waals surface area contributed by atoms with Crippen LogP contribution in [0.1, 0.15) is 12.1 Å². The van der Waals surface area contributed by atoms with E-state index in [4.69, 9.17) is 0 Å². The average molecular weight is 166 g/mol. The highest BCUT2D eigenvalue weighted by Crippen LogP contribution is 2.22. The fraction of sp³-hybridized carbons (Fsp3) is 0.111. The molecule has 0 amide bonds. The van der Waals surface area contributed by atoms with Gasteiger partial charge in [0.1, 0.15) is 0 Å². The Morgan fingerprint density at radius 2 is 2.25 bits per heavy atom. The van der Waals surface area contributed by atoms with Gasteiger partial charge in [0.25, 0.3) is 6.43 Å². The number of benzene rings is 1. The summed E-state index contributed by atoms with van der Waals surface area (Å²) in [5.41, 5.74) is 0.664. The molecule has 0 aliphatic rings. The van der Waals surface area contributed by atoms with Crippen LogP contribution in [0.15, 0.2) is 24.3 Å². The maximum atomic E-state index is 12.2. The summed E-state index contributed by atoms with van der Waals surface area (Å²) in [6.45, 7) is 0. The Morgan fingerprint density at radius 1 is 1.42 bits per heavy atom. The SMILES string of the molecule is FC(F)c1cc2cc[c]cc2[nH]1. The van der Waals surface area contributed by atoms with Crippen molar-refractivity contribution in [2.24, 2.45) is 0 Å². The predicted octanol–water partition coefficient (Wildman–Crippen LogP) is 2.91. The summed E-state index contributed by atoms with van der Waals surface area (Å²) in [5, 5.41) is 0.795. The number of alkyl halides is 2. The third-order valence-electron chi connectivity index (χ3n) is 1.72. The van der Waals surface area contributed by atoms with Crippen LogP contribution in [0.3, 0.4) is 0 Å². The maximum Gasteiger partial charge on any atom is 0.278 e. The molecule has 0 atom stereocenters. The summed E-state index contributed by atoms with van der Waals surface area (Å²) >= 11 is 0. The summed E-state index contributed by atoms with van der Waals surface area (Å²) in [6.07, 6.45) is -2.43. The highest BCUT2D eigenvalue weighted by Gasteiger charge is 2.09. The van der Waals surface area contributed by atoms with E-state index in [-0.39, 0.29) is 5.69 Å². The fourth-order valence-corrected chi connectivity index (χ4v) is 1.15. The minimum absolute atomic E-state index is 0.0374. The van der Waals surface area contributed by atoms with Crippen molar-refractivity contribution in [3.8, 4) is 0 Å². The molecule has 1 aromatic carbocycles. The minimum Gasteiger partial charge on any atom is -0.354 e. The monoisotopic (exact) mass is 166 g/mol. The van der Waals surface area contributed by atoms with Crippen LogP contribution >= 0.6 is 0 Å². The molecule has 1 radical (unpaired) electrons. The number of aromatic amines is 1. The first-order valence-electron chi connectivity index (χ1n) is 3.54. The molecule has 12 heavy (non-hydrogen) atoms. The highest BCUT2D eigenvalue weighted by molar-refractivity contribution is 5.80.